The minimum atomic E-state index is -4.96. The number of esters is 4. The number of aliphatic hydroxyl groups is 1. The molecular formula is C74H140O17P2. The highest BCUT2D eigenvalue weighted by molar-refractivity contribution is 7.47. The van der Waals surface area contributed by atoms with E-state index < -0.39 is 97.5 Å². The first-order chi connectivity index (χ1) is 45.0. The topological polar surface area (TPSA) is 237 Å². The van der Waals surface area contributed by atoms with E-state index in [0.717, 1.165) is 121 Å². The van der Waals surface area contributed by atoms with Crippen molar-refractivity contribution in [3.05, 3.63) is 24.3 Å². The summed E-state index contributed by atoms with van der Waals surface area (Å²) in [6.07, 6.45) is 57.9. The molecule has 3 N–H and O–H groups in total. The van der Waals surface area contributed by atoms with Crippen LogP contribution in [-0.2, 0) is 65.4 Å². The zero-order valence-electron chi connectivity index (χ0n) is 59.9. The number of allylic oxidation sites excluding steroid dienone is 4. The van der Waals surface area contributed by atoms with Gasteiger partial charge in [-0.1, -0.05) is 309 Å². The number of ether oxygens (including phenoxy) is 4. The van der Waals surface area contributed by atoms with Gasteiger partial charge in [-0.2, -0.15) is 0 Å². The summed E-state index contributed by atoms with van der Waals surface area (Å²) in [6, 6.07) is 0. The number of unbranched alkanes of at least 4 members (excludes halogenated alkanes) is 41. The first-order valence-corrected chi connectivity index (χ1v) is 40.9. The maximum absolute atomic E-state index is 13.1. The molecule has 0 amide bonds. The summed E-state index contributed by atoms with van der Waals surface area (Å²) < 4.78 is 68.2. The molecule has 5 atom stereocenters. The average Bonchev–Trinajstić information content (AvgIpc) is 1.66. The molecule has 0 aliphatic heterocycles. The minimum absolute atomic E-state index is 0.102. The highest BCUT2D eigenvalue weighted by Gasteiger charge is 2.30. The van der Waals surface area contributed by atoms with Crippen LogP contribution in [0.1, 0.15) is 362 Å². The molecule has 0 aromatic heterocycles. The molecule has 0 saturated carbocycles. The molecule has 0 aliphatic carbocycles. The molecule has 2 unspecified atom stereocenters. The van der Waals surface area contributed by atoms with E-state index in [-0.39, 0.29) is 25.7 Å². The summed E-state index contributed by atoms with van der Waals surface area (Å²) in [7, 11) is -9.91. The van der Waals surface area contributed by atoms with Crippen LogP contribution in [0.5, 0.6) is 0 Å². The number of carbonyl (C=O) groups excluding carboxylic acids is 4. The second kappa shape index (κ2) is 66.8. The summed E-state index contributed by atoms with van der Waals surface area (Å²) in [5.41, 5.74) is 0. The van der Waals surface area contributed by atoms with Crippen LogP contribution in [0.15, 0.2) is 24.3 Å². The van der Waals surface area contributed by atoms with Crippen LogP contribution in [0.4, 0.5) is 0 Å². The van der Waals surface area contributed by atoms with Gasteiger partial charge in [0, 0.05) is 25.7 Å². The van der Waals surface area contributed by atoms with E-state index in [9.17, 15) is 43.2 Å². The molecule has 17 nitrogen and oxygen atoms in total. The average molecular weight is 1360 g/mol. The number of phosphoric acid groups is 2. The number of hydrogen-bond donors (Lipinski definition) is 3. The number of carbonyl (C=O) groups is 4. The van der Waals surface area contributed by atoms with Crippen LogP contribution in [0.25, 0.3) is 0 Å². The molecule has 19 heteroatoms. The minimum Gasteiger partial charge on any atom is -0.462 e. The van der Waals surface area contributed by atoms with Crippen molar-refractivity contribution in [1.82, 2.24) is 0 Å². The zero-order valence-corrected chi connectivity index (χ0v) is 61.7. The van der Waals surface area contributed by atoms with Crippen LogP contribution in [0.3, 0.4) is 0 Å². The quantitative estimate of drug-likeness (QED) is 0.0169. The summed E-state index contributed by atoms with van der Waals surface area (Å²) in [5.74, 6) is -1.33. The van der Waals surface area contributed by atoms with Crippen LogP contribution in [-0.4, -0.2) is 96.7 Å². The van der Waals surface area contributed by atoms with Crippen molar-refractivity contribution >= 4 is 39.5 Å². The van der Waals surface area contributed by atoms with Crippen LogP contribution in [0.2, 0.25) is 0 Å². The summed E-state index contributed by atoms with van der Waals surface area (Å²) >= 11 is 0. The Hall–Kier alpha value is -2.46. The van der Waals surface area contributed by atoms with Gasteiger partial charge in [-0.05, 0) is 57.3 Å². The predicted molar refractivity (Wildman–Crippen MR) is 377 cm³/mol. The molecule has 0 aliphatic rings. The Kier molecular flexibility index (Phi) is 65.0. The van der Waals surface area contributed by atoms with E-state index in [2.05, 4.69) is 58.9 Å². The standard InChI is InChI=1S/C74H140O17P2/c1-6-9-12-15-18-21-22-23-28-32-35-39-43-48-53-58-72(77)85-64-70(91-74(79)60-55-50-45-40-36-33-30-27-25-24-26-29-31-34-38-41-46-51-56-67(4)5)66-89-93(82,83)87-62-68(75)61-86-92(80,81)88-65-69(63-84-71(76)57-52-47-42-20-17-14-11-8-3)90-73(78)59-54-49-44-37-19-16-13-10-7-2/h21-23,28,67-70,75H,6-20,24-27,29-66H2,1-5H3,(H,80,81)(H,82,83)/b22-21-,28-23-/t68-,69+,70+/m0/s1. The van der Waals surface area contributed by atoms with E-state index in [4.69, 9.17) is 37.0 Å². The van der Waals surface area contributed by atoms with Gasteiger partial charge in [0.15, 0.2) is 12.2 Å². The molecule has 0 fully saturated rings. The molecule has 0 bridgehead atoms. The first-order valence-electron chi connectivity index (χ1n) is 38.0. The van der Waals surface area contributed by atoms with Gasteiger partial charge >= 0.3 is 39.5 Å². The van der Waals surface area contributed by atoms with Crippen LogP contribution in [0, 0.1) is 5.92 Å². The number of hydrogen-bond acceptors (Lipinski definition) is 15. The second-order valence-electron chi connectivity index (χ2n) is 26.5. The lowest BCUT2D eigenvalue weighted by Gasteiger charge is -2.21. The lowest BCUT2D eigenvalue weighted by atomic mass is 10.0. The molecule has 548 valence electrons. The van der Waals surface area contributed by atoms with Gasteiger partial charge in [-0.3, -0.25) is 37.3 Å². The molecule has 0 heterocycles. The Labute approximate surface area is 567 Å². The Bertz CT molecular complexity index is 1880. The van der Waals surface area contributed by atoms with Gasteiger partial charge < -0.3 is 33.8 Å². The maximum atomic E-state index is 13.1. The fraction of sp³-hybridized carbons (Fsp3) is 0.892. The smallest absolute Gasteiger partial charge is 0.462 e. The highest BCUT2D eigenvalue weighted by Crippen LogP contribution is 2.45. The van der Waals surface area contributed by atoms with Gasteiger partial charge in [0.2, 0.25) is 0 Å². The van der Waals surface area contributed by atoms with Crippen molar-refractivity contribution in [2.75, 3.05) is 39.6 Å². The number of aliphatic hydroxyl groups excluding tert-OH is 1. The van der Waals surface area contributed by atoms with Crippen LogP contribution < -0.4 is 0 Å². The maximum Gasteiger partial charge on any atom is 0.472 e. The third-order valence-electron chi connectivity index (χ3n) is 16.7. The summed E-state index contributed by atoms with van der Waals surface area (Å²) in [5, 5.41) is 10.6. The van der Waals surface area contributed by atoms with Crippen molar-refractivity contribution in [3.63, 3.8) is 0 Å². The Morgan fingerprint density at radius 3 is 0.882 bits per heavy atom. The lowest BCUT2D eigenvalue weighted by molar-refractivity contribution is -0.161. The Morgan fingerprint density at radius 1 is 0.333 bits per heavy atom. The third-order valence-corrected chi connectivity index (χ3v) is 18.6. The van der Waals surface area contributed by atoms with Gasteiger partial charge in [0.1, 0.15) is 19.3 Å². The lowest BCUT2D eigenvalue weighted by Crippen LogP contribution is -2.30. The Balaban J connectivity index is 5.19. The second-order valence-corrected chi connectivity index (χ2v) is 29.4. The molecule has 0 aromatic rings. The molecule has 0 radical (unpaired) electrons. The van der Waals surface area contributed by atoms with Crippen molar-refractivity contribution in [2.24, 2.45) is 5.92 Å². The van der Waals surface area contributed by atoms with E-state index >= 15 is 0 Å². The van der Waals surface area contributed by atoms with Gasteiger partial charge in [0.05, 0.1) is 26.4 Å². The summed E-state index contributed by atoms with van der Waals surface area (Å²) in [4.78, 5) is 72.5. The molecule has 0 rings (SSSR count). The van der Waals surface area contributed by atoms with Crippen molar-refractivity contribution in [2.45, 2.75) is 380 Å². The first kappa shape index (κ1) is 90.5. The van der Waals surface area contributed by atoms with E-state index in [0.29, 0.717) is 25.7 Å². The fourth-order valence-corrected chi connectivity index (χ4v) is 12.4. The summed E-state index contributed by atoms with van der Waals surface area (Å²) in [6.45, 7) is 7.19. The molecule has 0 spiro atoms. The normalized spacial score (nSPS) is 14.2. The van der Waals surface area contributed by atoms with Gasteiger partial charge in [-0.15, -0.1) is 0 Å². The van der Waals surface area contributed by atoms with Gasteiger partial charge in [0.25, 0.3) is 0 Å². The number of rotatable bonds is 72. The SMILES string of the molecule is CCCCCC/C=C\C=C/CCCCCCCC(=O)OC[C@H](COP(=O)(O)OC[C@@H](O)COP(=O)(O)OC[C@@H](COC(=O)CCCCCCCCCC)OC(=O)CCCCCCCCCCC)OC(=O)CCCCCCCCCCCCCCCCCCCCC(C)C. The van der Waals surface area contributed by atoms with Crippen molar-refractivity contribution in [1.29, 1.82) is 0 Å². The van der Waals surface area contributed by atoms with Crippen molar-refractivity contribution in [3.8, 4) is 0 Å². The molecule has 0 aromatic carbocycles. The number of phosphoric ester groups is 2. The third kappa shape index (κ3) is 67.9. The van der Waals surface area contributed by atoms with E-state index in [1.54, 1.807) is 0 Å². The molecular weight excluding hydrogens is 1220 g/mol. The Morgan fingerprint density at radius 2 is 0.581 bits per heavy atom. The van der Waals surface area contributed by atoms with Gasteiger partial charge in [-0.25, -0.2) is 9.13 Å². The highest BCUT2D eigenvalue weighted by atomic mass is 31.2. The fourth-order valence-electron chi connectivity index (χ4n) is 10.8. The predicted octanol–water partition coefficient (Wildman–Crippen LogP) is 21.2. The van der Waals surface area contributed by atoms with E-state index in [1.807, 2.05) is 0 Å². The molecule has 0 saturated heterocycles. The van der Waals surface area contributed by atoms with E-state index in [1.165, 1.54) is 161 Å². The molecule has 93 heavy (non-hydrogen) atoms. The monoisotopic (exact) mass is 1360 g/mol. The zero-order chi connectivity index (χ0) is 68.4. The van der Waals surface area contributed by atoms with Crippen LogP contribution >= 0.6 is 15.6 Å². The largest absolute Gasteiger partial charge is 0.472 e. The van der Waals surface area contributed by atoms with Crippen molar-refractivity contribution < 1.29 is 80.2 Å².